The molecule has 0 saturated carbocycles. The molecule has 3 saturated heterocycles. The van der Waals surface area contributed by atoms with Gasteiger partial charge in [0, 0.05) is 5.69 Å². The number of carbonyl (C=O) groups is 2. The number of halogens is 3. The molecule has 0 aliphatic carbocycles. The van der Waals surface area contributed by atoms with Crippen LogP contribution in [0, 0.1) is 29.7 Å². The first-order chi connectivity index (χ1) is 17.9. The molecule has 2 aromatic rings. The maximum absolute atomic E-state index is 13.7. The number of amides is 2. The smallest absolute Gasteiger partial charge is 0.364 e. The number of anilines is 2. The molecule has 9 nitrogen and oxygen atoms in total. The van der Waals surface area contributed by atoms with Gasteiger partial charge in [0.1, 0.15) is 5.10 Å². The second-order valence-corrected chi connectivity index (χ2v) is 9.90. The first-order valence-corrected chi connectivity index (χ1v) is 11.6. The molecule has 3 aliphatic rings. The van der Waals surface area contributed by atoms with Crippen LogP contribution >= 0.6 is 0 Å². The number of carbonyl (C=O) groups excluding carboxylic acids is 2. The van der Waals surface area contributed by atoms with Gasteiger partial charge in [-0.2, -0.15) is 25.0 Å². The summed E-state index contributed by atoms with van der Waals surface area (Å²) in [7, 11) is 0. The summed E-state index contributed by atoms with van der Waals surface area (Å²) >= 11 is 0. The van der Waals surface area contributed by atoms with Crippen molar-refractivity contribution < 1.29 is 27.5 Å². The van der Waals surface area contributed by atoms with E-state index in [0.29, 0.717) is 11.8 Å². The van der Waals surface area contributed by atoms with Gasteiger partial charge in [-0.15, -0.1) is 4.95 Å². The zero-order valence-corrected chi connectivity index (χ0v) is 20.3. The normalized spacial score (nSPS) is 28.7. The van der Waals surface area contributed by atoms with Crippen LogP contribution in [-0.4, -0.2) is 47.0 Å². The standard InChI is InChI=1S/C26H21F3N6O3/c1-24-13-34(23(33-31-3)32-16-7-5-4-6-8-16)14-25(2,38-24)20-19(24)21(36)35(22(20)37)17-10-9-15(12-30)18(11-17)26(27,28)29/h4-11,19-20H,13-14H2,1-2H3,(H,32,33)/t19-,20+,24?,25?. The molecule has 2 bridgehead atoms. The zero-order valence-electron chi connectivity index (χ0n) is 20.3. The van der Waals surface area contributed by atoms with Crippen LogP contribution in [0.4, 0.5) is 24.5 Å². The SMILES string of the molecule is [C-]#[N+]/N=C(\Nc1ccccc1)N1CC2(C)OC(C)(C1)[C@H]1C(=O)N(c3ccc(C#N)c(C(F)(F)F)c3)C(=O)[C@H]12. The fourth-order valence-electron chi connectivity index (χ4n) is 5.91. The lowest BCUT2D eigenvalue weighted by Gasteiger charge is -2.45. The maximum atomic E-state index is 13.7. The molecule has 3 heterocycles. The summed E-state index contributed by atoms with van der Waals surface area (Å²) in [4.78, 5) is 33.0. The van der Waals surface area contributed by atoms with E-state index < -0.39 is 52.2 Å². The monoisotopic (exact) mass is 522 g/mol. The van der Waals surface area contributed by atoms with E-state index in [2.05, 4.69) is 15.4 Å². The van der Waals surface area contributed by atoms with Gasteiger partial charge in [0.05, 0.1) is 59.0 Å². The zero-order chi connectivity index (χ0) is 27.5. The number of alkyl halides is 3. The highest BCUT2D eigenvalue weighted by Crippen LogP contribution is 2.55. The molecule has 0 aromatic heterocycles. The molecule has 2 unspecified atom stereocenters. The lowest BCUT2D eigenvalue weighted by atomic mass is 9.79. The van der Waals surface area contributed by atoms with E-state index in [-0.39, 0.29) is 24.7 Å². The Kier molecular flexibility index (Phi) is 5.69. The van der Waals surface area contributed by atoms with Crippen molar-refractivity contribution in [3.8, 4) is 6.07 Å². The van der Waals surface area contributed by atoms with Crippen LogP contribution in [-0.2, 0) is 20.5 Å². The van der Waals surface area contributed by atoms with Crippen molar-refractivity contribution in [3.63, 3.8) is 0 Å². The third kappa shape index (κ3) is 3.85. The number of hydrogen-bond donors (Lipinski definition) is 1. The number of ether oxygens (including phenoxy) is 1. The Bertz CT molecular complexity index is 1410. The molecule has 194 valence electrons. The summed E-state index contributed by atoms with van der Waals surface area (Å²) in [5.74, 6) is -3.07. The van der Waals surface area contributed by atoms with E-state index >= 15 is 0 Å². The molecule has 4 atom stereocenters. The summed E-state index contributed by atoms with van der Waals surface area (Å²) in [5.41, 5.74) is -3.78. The summed E-state index contributed by atoms with van der Waals surface area (Å²) < 4.78 is 47.0. The minimum Gasteiger partial charge on any atom is -0.364 e. The van der Waals surface area contributed by atoms with E-state index in [1.165, 1.54) is 12.1 Å². The van der Waals surface area contributed by atoms with Crippen molar-refractivity contribution in [3.05, 3.63) is 71.2 Å². The number of fused-ring (bicyclic) bond motifs is 5. The lowest BCUT2D eigenvalue weighted by molar-refractivity contribution is -0.159. The van der Waals surface area contributed by atoms with Crippen LogP contribution in [0.5, 0.6) is 0 Å². The van der Waals surface area contributed by atoms with E-state index in [4.69, 9.17) is 16.6 Å². The van der Waals surface area contributed by atoms with Crippen molar-refractivity contribution in [2.75, 3.05) is 23.3 Å². The van der Waals surface area contributed by atoms with Gasteiger partial charge in [-0.1, -0.05) is 18.2 Å². The second-order valence-electron chi connectivity index (χ2n) is 9.90. The van der Waals surface area contributed by atoms with Gasteiger partial charge in [-0.25, -0.2) is 4.90 Å². The summed E-state index contributed by atoms with van der Waals surface area (Å²) in [5, 5.41) is 16.1. The minimum absolute atomic E-state index is 0.103. The van der Waals surface area contributed by atoms with E-state index in [0.717, 1.165) is 11.0 Å². The van der Waals surface area contributed by atoms with Gasteiger partial charge in [-0.05, 0) is 44.2 Å². The Balaban J connectivity index is 1.49. The highest BCUT2D eigenvalue weighted by molar-refractivity contribution is 6.23. The highest BCUT2D eigenvalue weighted by Gasteiger charge is 2.72. The number of para-hydroxylation sites is 1. The van der Waals surface area contributed by atoms with Gasteiger partial charge >= 0.3 is 6.18 Å². The van der Waals surface area contributed by atoms with Crippen molar-refractivity contribution in [2.24, 2.45) is 16.9 Å². The highest BCUT2D eigenvalue weighted by atomic mass is 19.4. The first kappa shape index (κ1) is 25.2. The summed E-state index contributed by atoms with van der Waals surface area (Å²) in [6.45, 7) is 10.8. The van der Waals surface area contributed by atoms with Gasteiger partial charge in [0.15, 0.2) is 0 Å². The Labute approximate surface area is 215 Å². The van der Waals surface area contributed by atoms with Crippen LogP contribution in [0.15, 0.2) is 53.6 Å². The van der Waals surface area contributed by atoms with Crippen LogP contribution < -0.4 is 10.2 Å². The molecule has 38 heavy (non-hydrogen) atoms. The molecule has 3 fully saturated rings. The summed E-state index contributed by atoms with van der Waals surface area (Å²) in [6.07, 6.45) is -4.84. The molecular formula is C26H21F3N6O3. The lowest BCUT2D eigenvalue weighted by Crippen LogP contribution is -2.60. The van der Waals surface area contributed by atoms with Crippen molar-refractivity contribution >= 4 is 29.1 Å². The minimum atomic E-state index is -4.84. The first-order valence-electron chi connectivity index (χ1n) is 11.6. The molecular weight excluding hydrogens is 501 g/mol. The van der Waals surface area contributed by atoms with E-state index in [1.807, 2.05) is 18.2 Å². The number of nitrogens with zero attached hydrogens (tertiary/aromatic N) is 5. The number of benzene rings is 2. The topological polar surface area (TPSA) is 102 Å². The summed E-state index contributed by atoms with van der Waals surface area (Å²) in [6, 6.07) is 13.3. The predicted molar refractivity (Wildman–Crippen MR) is 129 cm³/mol. The molecule has 5 rings (SSSR count). The Morgan fingerprint density at radius 2 is 1.74 bits per heavy atom. The number of guanidine groups is 1. The fraction of sp³-hybridized carbons (Fsp3) is 0.346. The second kappa shape index (κ2) is 8.57. The molecule has 3 aliphatic heterocycles. The van der Waals surface area contributed by atoms with Crippen molar-refractivity contribution in [1.29, 1.82) is 5.26 Å². The quantitative estimate of drug-likeness (QED) is 0.211. The van der Waals surface area contributed by atoms with Crippen molar-refractivity contribution in [1.82, 2.24) is 4.90 Å². The Morgan fingerprint density at radius 3 is 2.26 bits per heavy atom. The maximum Gasteiger partial charge on any atom is 0.417 e. The van der Waals surface area contributed by atoms with Crippen molar-refractivity contribution in [2.45, 2.75) is 31.2 Å². The number of rotatable bonds is 2. The van der Waals surface area contributed by atoms with Crippen LogP contribution in [0.1, 0.15) is 25.0 Å². The van der Waals surface area contributed by atoms with Gasteiger partial charge in [0.2, 0.25) is 11.8 Å². The number of likely N-dealkylation sites (tertiary alicyclic amines) is 1. The predicted octanol–water partition coefficient (Wildman–Crippen LogP) is 3.85. The molecule has 0 radical (unpaired) electrons. The number of imide groups is 1. The molecule has 12 heteroatoms. The van der Waals surface area contributed by atoms with Crippen LogP contribution in [0.2, 0.25) is 0 Å². The van der Waals surface area contributed by atoms with Gasteiger partial charge in [-0.3, -0.25) is 9.59 Å². The fourth-order valence-corrected chi connectivity index (χ4v) is 5.91. The number of hydrogen-bond acceptors (Lipinski definition) is 5. The van der Waals surface area contributed by atoms with Crippen LogP contribution in [0.25, 0.3) is 4.95 Å². The third-order valence-corrected chi connectivity index (χ3v) is 7.26. The van der Waals surface area contributed by atoms with Gasteiger partial charge in [0.25, 0.3) is 5.96 Å². The van der Waals surface area contributed by atoms with E-state index in [9.17, 15) is 22.8 Å². The average Bonchev–Trinajstić information content (AvgIpc) is 3.23. The Hall–Kier alpha value is -4.42. The number of nitriles is 1. The average molecular weight is 522 g/mol. The largest absolute Gasteiger partial charge is 0.417 e. The Morgan fingerprint density at radius 1 is 1.13 bits per heavy atom. The molecule has 2 amide bonds. The van der Waals surface area contributed by atoms with E-state index in [1.54, 1.807) is 30.9 Å². The molecule has 0 spiro atoms. The van der Waals surface area contributed by atoms with Gasteiger partial charge < -0.3 is 15.0 Å². The third-order valence-electron chi connectivity index (χ3n) is 7.26. The molecule has 2 aromatic carbocycles. The van der Waals surface area contributed by atoms with Crippen LogP contribution in [0.3, 0.4) is 0 Å². The number of morpholine rings is 1. The molecule has 1 N–H and O–H groups in total. The number of nitrogens with one attached hydrogen (secondary N) is 1.